The quantitative estimate of drug-likeness (QED) is 0.603. The second-order valence-corrected chi connectivity index (χ2v) is 6.56. The topological polar surface area (TPSA) is 44.8 Å². The molecule has 0 amide bonds. The summed E-state index contributed by atoms with van der Waals surface area (Å²) >= 11 is 0. The lowest BCUT2D eigenvalue weighted by Gasteiger charge is -2.35. The first kappa shape index (κ1) is 16.8. The summed E-state index contributed by atoms with van der Waals surface area (Å²) in [6.07, 6.45) is 3.28. The number of hydrogen-bond donors (Lipinski definition) is 0. The van der Waals surface area contributed by atoms with Crippen molar-refractivity contribution in [1.82, 2.24) is 0 Å². The van der Waals surface area contributed by atoms with Gasteiger partial charge in [-0.05, 0) is 54.9 Å². The number of hydrogen-bond acceptors (Lipinski definition) is 4. The highest BCUT2D eigenvalue weighted by atomic mass is 17.2. The van der Waals surface area contributed by atoms with Crippen LogP contribution in [0.1, 0.15) is 50.4 Å². The predicted molar refractivity (Wildman–Crippen MR) is 84.6 cm³/mol. The van der Waals surface area contributed by atoms with Crippen molar-refractivity contribution in [3.05, 3.63) is 29.8 Å². The molecule has 2 rings (SSSR count). The summed E-state index contributed by atoms with van der Waals surface area (Å²) in [5.41, 5.74) is 0.464. The summed E-state index contributed by atoms with van der Waals surface area (Å²) in [4.78, 5) is 22.7. The molecule has 3 unspecified atom stereocenters. The van der Waals surface area contributed by atoms with Crippen LogP contribution in [0, 0.1) is 17.8 Å². The molecule has 1 saturated carbocycles. The van der Waals surface area contributed by atoms with Crippen LogP contribution >= 0.6 is 0 Å². The van der Waals surface area contributed by atoms with Gasteiger partial charge in [-0.1, -0.05) is 27.2 Å². The van der Waals surface area contributed by atoms with E-state index in [1.165, 1.54) is 6.42 Å². The van der Waals surface area contributed by atoms with E-state index in [4.69, 9.17) is 14.5 Å². The van der Waals surface area contributed by atoms with Crippen LogP contribution < -0.4 is 4.74 Å². The van der Waals surface area contributed by atoms with E-state index in [9.17, 15) is 4.79 Å². The van der Waals surface area contributed by atoms with Crippen molar-refractivity contribution in [2.75, 3.05) is 7.11 Å². The zero-order valence-corrected chi connectivity index (χ0v) is 13.9. The molecule has 1 aromatic rings. The Balaban J connectivity index is 1.93. The standard InChI is InChI=1S/C18H26O4/c1-12(2)16-10-5-13(3)11-17(16)21-22-18(19)14-6-8-15(20-4)9-7-14/h6-9,12-13,16-17H,5,10-11H2,1-4H3. The van der Waals surface area contributed by atoms with E-state index < -0.39 is 5.97 Å². The molecular weight excluding hydrogens is 280 g/mol. The molecule has 4 nitrogen and oxygen atoms in total. The molecule has 0 heterocycles. The van der Waals surface area contributed by atoms with Crippen molar-refractivity contribution in [3.8, 4) is 5.75 Å². The molecule has 0 spiro atoms. The fourth-order valence-electron chi connectivity index (χ4n) is 3.11. The first-order valence-electron chi connectivity index (χ1n) is 8.03. The smallest absolute Gasteiger partial charge is 0.373 e. The van der Waals surface area contributed by atoms with Gasteiger partial charge in [-0.25, -0.2) is 4.79 Å². The molecule has 1 aliphatic carbocycles. The van der Waals surface area contributed by atoms with Gasteiger partial charge in [0.1, 0.15) is 11.9 Å². The van der Waals surface area contributed by atoms with Crippen molar-refractivity contribution < 1.29 is 19.3 Å². The Labute approximate surface area is 132 Å². The van der Waals surface area contributed by atoms with Crippen molar-refractivity contribution >= 4 is 5.97 Å². The van der Waals surface area contributed by atoms with Gasteiger partial charge in [0.05, 0.1) is 12.7 Å². The summed E-state index contributed by atoms with van der Waals surface area (Å²) in [5, 5.41) is 0. The minimum Gasteiger partial charge on any atom is -0.497 e. The molecule has 0 saturated heterocycles. The third-order valence-corrected chi connectivity index (χ3v) is 4.53. The third-order valence-electron chi connectivity index (χ3n) is 4.53. The molecule has 4 heteroatoms. The summed E-state index contributed by atoms with van der Waals surface area (Å²) in [6.45, 7) is 6.61. The van der Waals surface area contributed by atoms with Gasteiger partial charge >= 0.3 is 5.97 Å². The number of carbonyl (C=O) groups excluding carboxylic acids is 1. The fourth-order valence-corrected chi connectivity index (χ4v) is 3.11. The van der Waals surface area contributed by atoms with Gasteiger partial charge in [0, 0.05) is 0 Å². The monoisotopic (exact) mass is 306 g/mol. The van der Waals surface area contributed by atoms with Crippen molar-refractivity contribution in [3.63, 3.8) is 0 Å². The first-order valence-corrected chi connectivity index (χ1v) is 8.03. The van der Waals surface area contributed by atoms with E-state index in [2.05, 4.69) is 20.8 Å². The molecule has 1 aliphatic rings. The molecule has 0 aliphatic heterocycles. The largest absolute Gasteiger partial charge is 0.497 e. The highest BCUT2D eigenvalue weighted by molar-refractivity contribution is 5.89. The van der Waals surface area contributed by atoms with Crippen LogP contribution in [0.5, 0.6) is 5.75 Å². The normalized spacial score (nSPS) is 25.0. The Hall–Kier alpha value is -1.55. The van der Waals surface area contributed by atoms with Gasteiger partial charge in [0.2, 0.25) is 0 Å². The Morgan fingerprint density at radius 3 is 2.45 bits per heavy atom. The number of rotatable bonds is 5. The lowest BCUT2D eigenvalue weighted by atomic mass is 9.75. The number of carbonyl (C=O) groups is 1. The van der Waals surface area contributed by atoms with E-state index in [0.29, 0.717) is 29.1 Å². The highest BCUT2D eigenvalue weighted by Crippen LogP contribution is 2.35. The van der Waals surface area contributed by atoms with Crippen LogP contribution in [0.2, 0.25) is 0 Å². The van der Waals surface area contributed by atoms with Gasteiger partial charge in [0.25, 0.3) is 0 Å². The molecule has 1 fully saturated rings. The van der Waals surface area contributed by atoms with E-state index in [0.717, 1.165) is 12.8 Å². The molecule has 1 aromatic carbocycles. The van der Waals surface area contributed by atoms with E-state index in [1.807, 2.05) is 0 Å². The van der Waals surface area contributed by atoms with Gasteiger partial charge < -0.3 is 4.74 Å². The number of benzene rings is 1. The van der Waals surface area contributed by atoms with Crippen LogP contribution in [0.3, 0.4) is 0 Å². The Morgan fingerprint density at radius 2 is 1.86 bits per heavy atom. The number of ether oxygens (including phenoxy) is 1. The van der Waals surface area contributed by atoms with Crippen LogP contribution in [0.15, 0.2) is 24.3 Å². The molecule has 0 bridgehead atoms. The summed E-state index contributed by atoms with van der Waals surface area (Å²) < 4.78 is 5.07. The zero-order chi connectivity index (χ0) is 16.1. The molecular formula is C18H26O4. The van der Waals surface area contributed by atoms with Gasteiger partial charge in [-0.2, -0.15) is 4.89 Å². The maximum atomic E-state index is 12.1. The molecule has 122 valence electrons. The molecule has 0 radical (unpaired) electrons. The Bertz CT molecular complexity index is 480. The van der Waals surface area contributed by atoms with E-state index in [1.54, 1.807) is 31.4 Å². The van der Waals surface area contributed by atoms with Crippen molar-refractivity contribution in [2.24, 2.45) is 17.8 Å². The fraction of sp³-hybridized carbons (Fsp3) is 0.611. The lowest BCUT2D eigenvalue weighted by molar-refractivity contribution is -0.296. The maximum Gasteiger partial charge on any atom is 0.373 e. The van der Waals surface area contributed by atoms with Crippen LogP contribution in [-0.2, 0) is 9.78 Å². The lowest BCUT2D eigenvalue weighted by Crippen LogP contribution is -2.34. The van der Waals surface area contributed by atoms with Crippen LogP contribution in [-0.4, -0.2) is 19.2 Å². The SMILES string of the molecule is COc1ccc(C(=O)OOC2CC(C)CCC2C(C)C)cc1. The summed E-state index contributed by atoms with van der Waals surface area (Å²) in [7, 11) is 1.59. The second kappa shape index (κ2) is 7.63. The molecule has 22 heavy (non-hydrogen) atoms. The van der Waals surface area contributed by atoms with E-state index in [-0.39, 0.29) is 6.10 Å². The maximum absolute atomic E-state index is 12.1. The average molecular weight is 306 g/mol. The van der Waals surface area contributed by atoms with E-state index >= 15 is 0 Å². The van der Waals surface area contributed by atoms with Gasteiger partial charge in [-0.15, -0.1) is 0 Å². The molecule has 0 N–H and O–H groups in total. The Kier molecular flexibility index (Phi) is 5.83. The predicted octanol–water partition coefficient (Wildman–Crippen LogP) is 4.24. The minimum absolute atomic E-state index is 0.00838. The second-order valence-electron chi connectivity index (χ2n) is 6.56. The van der Waals surface area contributed by atoms with Gasteiger partial charge in [-0.3, -0.25) is 4.89 Å². The van der Waals surface area contributed by atoms with Gasteiger partial charge in [0.15, 0.2) is 0 Å². The zero-order valence-electron chi connectivity index (χ0n) is 13.9. The number of methoxy groups -OCH3 is 1. The molecule has 3 atom stereocenters. The summed E-state index contributed by atoms with van der Waals surface area (Å²) in [5.74, 6) is 1.83. The minimum atomic E-state index is -0.455. The molecule has 0 aromatic heterocycles. The van der Waals surface area contributed by atoms with Crippen LogP contribution in [0.4, 0.5) is 0 Å². The third kappa shape index (κ3) is 4.23. The van der Waals surface area contributed by atoms with Crippen LogP contribution in [0.25, 0.3) is 0 Å². The Morgan fingerprint density at radius 1 is 1.18 bits per heavy atom. The average Bonchev–Trinajstić information content (AvgIpc) is 2.52. The highest BCUT2D eigenvalue weighted by Gasteiger charge is 2.33. The first-order chi connectivity index (χ1) is 10.5. The van der Waals surface area contributed by atoms with Crippen molar-refractivity contribution in [1.29, 1.82) is 0 Å². The summed E-state index contributed by atoms with van der Waals surface area (Å²) in [6, 6.07) is 6.81. The van der Waals surface area contributed by atoms with Crippen molar-refractivity contribution in [2.45, 2.75) is 46.1 Å².